The summed E-state index contributed by atoms with van der Waals surface area (Å²) in [5, 5.41) is 12.9. The number of nitrogens with zero attached hydrogens (tertiary/aromatic N) is 1. The largest absolute Gasteiger partial charge is 0.491 e. The molecule has 0 spiro atoms. The highest BCUT2D eigenvalue weighted by Gasteiger charge is 2.23. The molecule has 8 heteroatoms. The van der Waals surface area contributed by atoms with Crippen LogP contribution in [0.15, 0.2) is 29.1 Å². The number of ether oxygens (including phenoxy) is 2. The smallest absolute Gasteiger partial charge is 0.407 e. The lowest BCUT2D eigenvalue weighted by Crippen LogP contribution is -2.35. The van der Waals surface area contributed by atoms with Gasteiger partial charge in [-0.3, -0.25) is 4.79 Å². The van der Waals surface area contributed by atoms with Gasteiger partial charge >= 0.3 is 12.1 Å². The van der Waals surface area contributed by atoms with Crippen LogP contribution in [0.5, 0.6) is 5.75 Å². The van der Waals surface area contributed by atoms with Crippen LogP contribution >= 0.6 is 0 Å². The third-order valence-electron chi connectivity index (χ3n) is 5.18. The maximum atomic E-state index is 13.7. The number of carboxylic acids is 1. The topological polar surface area (TPSA) is 107 Å². The Kier molecular flexibility index (Phi) is 9.73. The first kappa shape index (κ1) is 28.9. The average molecular weight is 501 g/mol. The molecular formula is C28H40N2O6. The minimum absolute atomic E-state index is 0.149. The molecule has 0 aliphatic heterocycles. The van der Waals surface area contributed by atoms with Crippen LogP contribution in [0.25, 0.3) is 16.8 Å². The third-order valence-corrected chi connectivity index (χ3v) is 5.18. The summed E-state index contributed by atoms with van der Waals surface area (Å²) < 4.78 is 13.4. The molecule has 2 rings (SSSR count). The van der Waals surface area contributed by atoms with Crippen LogP contribution < -0.4 is 15.6 Å². The molecule has 2 aromatic rings. The van der Waals surface area contributed by atoms with Crippen LogP contribution in [-0.4, -0.2) is 40.5 Å². The number of pyridine rings is 1. The van der Waals surface area contributed by atoms with E-state index in [1.807, 2.05) is 0 Å². The molecule has 1 aromatic heterocycles. The van der Waals surface area contributed by atoms with Crippen LogP contribution in [0.2, 0.25) is 0 Å². The predicted molar refractivity (Wildman–Crippen MR) is 143 cm³/mol. The third kappa shape index (κ3) is 8.73. The second-order valence-electron chi connectivity index (χ2n) is 11.1. The molecule has 1 heterocycles. The molecule has 0 fully saturated rings. The number of carbonyl (C=O) groups excluding carboxylic acids is 1. The highest BCUT2D eigenvalue weighted by atomic mass is 16.6. The van der Waals surface area contributed by atoms with Crippen molar-refractivity contribution in [3.63, 3.8) is 0 Å². The molecule has 0 bridgehead atoms. The fourth-order valence-electron chi connectivity index (χ4n) is 3.72. The van der Waals surface area contributed by atoms with Crippen molar-refractivity contribution in [1.29, 1.82) is 0 Å². The molecule has 0 unspecified atom stereocenters. The number of unbranched alkanes of at least 4 members (excludes halogenated alkanes) is 1. The van der Waals surface area contributed by atoms with E-state index < -0.39 is 17.7 Å². The quantitative estimate of drug-likeness (QED) is 0.335. The van der Waals surface area contributed by atoms with Crippen LogP contribution in [0, 0.1) is 5.41 Å². The molecule has 1 aromatic carbocycles. The van der Waals surface area contributed by atoms with Crippen LogP contribution in [-0.2, 0) is 22.5 Å². The molecule has 198 valence electrons. The van der Waals surface area contributed by atoms with E-state index in [9.17, 15) is 14.4 Å². The molecule has 0 saturated heterocycles. The summed E-state index contributed by atoms with van der Waals surface area (Å²) in [4.78, 5) is 36.9. The lowest BCUT2D eigenvalue weighted by molar-refractivity contribution is -0.131. The molecule has 2 N–H and O–H groups in total. The van der Waals surface area contributed by atoms with Crippen molar-refractivity contribution >= 4 is 28.9 Å². The van der Waals surface area contributed by atoms with E-state index in [-0.39, 0.29) is 17.5 Å². The van der Waals surface area contributed by atoms with Gasteiger partial charge in [-0.05, 0) is 56.4 Å². The van der Waals surface area contributed by atoms with Crippen LogP contribution in [0.4, 0.5) is 4.79 Å². The summed E-state index contributed by atoms with van der Waals surface area (Å²) in [5.74, 6) is -0.470. The van der Waals surface area contributed by atoms with Gasteiger partial charge in [0.1, 0.15) is 11.4 Å². The van der Waals surface area contributed by atoms with Gasteiger partial charge in [-0.2, -0.15) is 0 Å². The number of aromatic nitrogens is 1. The highest BCUT2D eigenvalue weighted by Crippen LogP contribution is 2.31. The Hall–Kier alpha value is -3.29. The zero-order chi connectivity index (χ0) is 27.1. The minimum atomic E-state index is -1.05. The number of benzene rings is 1. The van der Waals surface area contributed by atoms with E-state index in [4.69, 9.17) is 14.6 Å². The van der Waals surface area contributed by atoms with E-state index in [0.717, 1.165) is 18.9 Å². The number of alkyl carbamates (subject to hydrolysis) is 1. The summed E-state index contributed by atoms with van der Waals surface area (Å²) in [7, 11) is 0. The number of nitrogens with one attached hydrogen (secondary N) is 1. The van der Waals surface area contributed by atoms with Crippen LogP contribution in [0.1, 0.15) is 72.6 Å². The van der Waals surface area contributed by atoms with Crippen LogP contribution in [0.3, 0.4) is 0 Å². The summed E-state index contributed by atoms with van der Waals surface area (Å²) in [6.45, 7) is 14.8. The molecule has 0 saturated carbocycles. The number of hydrogen-bond acceptors (Lipinski definition) is 5. The Morgan fingerprint density at radius 2 is 1.81 bits per heavy atom. The van der Waals surface area contributed by atoms with Crippen molar-refractivity contribution in [1.82, 2.24) is 9.88 Å². The maximum absolute atomic E-state index is 13.7. The van der Waals surface area contributed by atoms with Crippen molar-refractivity contribution < 1.29 is 24.2 Å². The number of rotatable bonds is 10. The Labute approximate surface area is 213 Å². The lowest BCUT2D eigenvalue weighted by Gasteiger charge is -2.26. The normalized spacial score (nSPS) is 12.2. The summed E-state index contributed by atoms with van der Waals surface area (Å²) in [5.41, 5.74) is 0.388. The number of carboxylic acid groups (broad SMARTS) is 1. The summed E-state index contributed by atoms with van der Waals surface area (Å²) in [6, 6.07) is 5.22. The number of carbonyl (C=O) groups is 2. The Morgan fingerprint density at radius 1 is 1.11 bits per heavy atom. The second-order valence-corrected chi connectivity index (χ2v) is 11.1. The van der Waals surface area contributed by atoms with E-state index in [0.29, 0.717) is 47.4 Å². The summed E-state index contributed by atoms with van der Waals surface area (Å²) >= 11 is 0. The standard InChI is InChI=1S/C28H40N2O6/c1-8-9-16-35-24-21-17-19(11-13-23(31)32)10-12-20(21)25(33)30(18-27(2,3)4)22(24)14-15-29-26(34)36-28(5,6)7/h10-13,17H,8-9,14-16,18H2,1-7H3,(H,29,34)(H,31,32)/b13-11+. The molecule has 0 aliphatic rings. The lowest BCUT2D eigenvalue weighted by atomic mass is 9.95. The fraction of sp³-hybridized carbons (Fsp3) is 0.536. The predicted octanol–water partition coefficient (Wildman–Crippen LogP) is 5.39. The minimum Gasteiger partial charge on any atom is -0.491 e. The SMILES string of the molecule is CCCCOc1c(CCNC(=O)OC(C)(C)C)n(CC(C)(C)C)c(=O)c2ccc(/C=C/C(=O)O)cc12. The number of amides is 1. The van der Waals surface area contributed by atoms with Gasteiger partial charge in [0.25, 0.3) is 5.56 Å². The van der Waals surface area contributed by atoms with Gasteiger partial charge in [0, 0.05) is 31.0 Å². The van der Waals surface area contributed by atoms with Crippen molar-refractivity contribution in [2.24, 2.45) is 5.41 Å². The second kappa shape index (κ2) is 12.1. The van der Waals surface area contributed by atoms with Gasteiger partial charge in [-0.1, -0.05) is 40.2 Å². The van der Waals surface area contributed by atoms with Gasteiger partial charge < -0.3 is 24.5 Å². The van der Waals surface area contributed by atoms with Gasteiger partial charge in [-0.15, -0.1) is 0 Å². The zero-order valence-electron chi connectivity index (χ0n) is 22.6. The molecule has 8 nitrogen and oxygen atoms in total. The number of hydrogen-bond donors (Lipinski definition) is 2. The van der Waals surface area contributed by atoms with Gasteiger partial charge in [-0.25, -0.2) is 9.59 Å². The maximum Gasteiger partial charge on any atom is 0.407 e. The molecule has 0 radical (unpaired) electrons. The Bertz CT molecular complexity index is 1170. The highest BCUT2D eigenvalue weighted by molar-refractivity contribution is 5.92. The fourth-order valence-corrected chi connectivity index (χ4v) is 3.72. The Balaban J connectivity index is 2.64. The van der Waals surface area contributed by atoms with Crippen molar-refractivity contribution in [3.8, 4) is 5.75 Å². The van der Waals surface area contributed by atoms with E-state index in [1.165, 1.54) is 6.08 Å². The van der Waals surface area contributed by atoms with E-state index in [2.05, 4.69) is 33.0 Å². The first-order valence-corrected chi connectivity index (χ1v) is 12.4. The van der Waals surface area contributed by atoms with Crippen molar-refractivity contribution in [2.45, 2.75) is 79.9 Å². The average Bonchev–Trinajstić information content (AvgIpc) is 2.74. The molecule has 0 aliphatic carbocycles. The van der Waals surface area contributed by atoms with Gasteiger partial charge in [0.05, 0.1) is 17.7 Å². The zero-order valence-corrected chi connectivity index (χ0v) is 22.6. The van der Waals surface area contributed by atoms with Gasteiger partial charge in [0.15, 0.2) is 0 Å². The molecule has 0 atom stereocenters. The number of fused-ring (bicyclic) bond motifs is 1. The van der Waals surface area contributed by atoms with Gasteiger partial charge in [0.2, 0.25) is 0 Å². The Morgan fingerprint density at radius 3 is 2.39 bits per heavy atom. The number of aliphatic carboxylic acids is 1. The first-order chi connectivity index (χ1) is 16.7. The molecule has 1 amide bonds. The van der Waals surface area contributed by atoms with E-state index in [1.54, 1.807) is 43.5 Å². The van der Waals surface area contributed by atoms with Crippen molar-refractivity contribution in [3.05, 3.63) is 45.9 Å². The van der Waals surface area contributed by atoms with Crippen molar-refractivity contribution in [2.75, 3.05) is 13.2 Å². The van der Waals surface area contributed by atoms with E-state index >= 15 is 0 Å². The summed E-state index contributed by atoms with van der Waals surface area (Å²) in [6.07, 6.45) is 4.17. The molecule has 36 heavy (non-hydrogen) atoms. The monoisotopic (exact) mass is 500 g/mol. The first-order valence-electron chi connectivity index (χ1n) is 12.4. The molecular weight excluding hydrogens is 460 g/mol.